The molecule has 2 N–H and O–H groups in total. The topological polar surface area (TPSA) is 122 Å². The summed E-state index contributed by atoms with van der Waals surface area (Å²) in [6, 6.07) is 8.67. The monoisotopic (exact) mass is 451 g/mol. The van der Waals surface area contributed by atoms with E-state index in [0.717, 1.165) is 29.4 Å². The van der Waals surface area contributed by atoms with Crippen molar-refractivity contribution in [2.75, 3.05) is 20.8 Å². The smallest absolute Gasteiger partial charge is 0.335 e. The van der Waals surface area contributed by atoms with E-state index >= 15 is 0 Å². The highest BCUT2D eigenvalue weighted by Crippen LogP contribution is 2.31. The molecule has 3 heterocycles. The van der Waals surface area contributed by atoms with Crippen molar-refractivity contribution >= 4 is 6.21 Å². The average molecular weight is 451 g/mol. The summed E-state index contributed by atoms with van der Waals surface area (Å²) in [5.74, 6) is 0.218. The second kappa shape index (κ2) is 9.60. The van der Waals surface area contributed by atoms with E-state index in [1.54, 1.807) is 24.5 Å². The van der Waals surface area contributed by atoms with Crippen LogP contribution in [0.3, 0.4) is 0 Å². The predicted octanol–water partition coefficient (Wildman–Crippen LogP) is 2.20. The van der Waals surface area contributed by atoms with Gasteiger partial charge < -0.3 is 14.6 Å². The first-order valence-electron chi connectivity index (χ1n) is 10.5. The Kier molecular flexibility index (Phi) is 6.43. The number of nitrogens with one attached hydrogen (secondary N) is 1. The van der Waals surface area contributed by atoms with Crippen LogP contribution in [-0.2, 0) is 0 Å². The van der Waals surface area contributed by atoms with Crippen LogP contribution in [-0.4, -0.2) is 51.6 Å². The fourth-order valence-electron chi connectivity index (χ4n) is 3.95. The number of nitrogens with zero attached hydrogens (tertiary/aromatic N) is 4. The summed E-state index contributed by atoms with van der Waals surface area (Å²) in [6.07, 6.45) is 7.71. The first-order chi connectivity index (χ1) is 16.0. The van der Waals surface area contributed by atoms with Gasteiger partial charge in [0, 0.05) is 25.0 Å². The molecule has 10 nitrogen and oxygen atoms in total. The molecule has 0 aliphatic carbocycles. The highest BCUT2D eigenvalue weighted by atomic mass is 16.5. The molecule has 10 heteroatoms. The Morgan fingerprint density at radius 3 is 2.79 bits per heavy atom. The van der Waals surface area contributed by atoms with E-state index in [1.165, 1.54) is 26.5 Å². The number of aromatic nitrogens is 3. The van der Waals surface area contributed by atoms with Gasteiger partial charge in [-0.15, -0.1) is 0 Å². The van der Waals surface area contributed by atoms with Crippen LogP contribution in [0.4, 0.5) is 0 Å². The number of benzene rings is 1. The van der Waals surface area contributed by atoms with Crippen LogP contribution in [0.5, 0.6) is 17.4 Å². The Bertz CT molecular complexity index is 1270. The molecular formula is C23H25N5O5. The van der Waals surface area contributed by atoms with Gasteiger partial charge in [0.05, 0.1) is 32.2 Å². The molecule has 0 radical (unpaired) electrons. The lowest BCUT2D eigenvalue weighted by atomic mass is 9.98. The molecular weight excluding hydrogens is 426 g/mol. The molecule has 2 aromatic heterocycles. The van der Waals surface area contributed by atoms with Gasteiger partial charge in [0.25, 0.3) is 5.56 Å². The molecule has 172 valence electrons. The molecule has 33 heavy (non-hydrogen) atoms. The number of aromatic amines is 1. The first-order valence-corrected chi connectivity index (χ1v) is 10.5. The molecule has 3 aromatic rings. The molecule has 1 aromatic carbocycles. The lowest BCUT2D eigenvalue weighted by Gasteiger charge is -2.33. The summed E-state index contributed by atoms with van der Waals surface area (Å²) >= 11 is 0. The largest absolute Gasteiger partial charge is 0.497 e. The van der Waals surface area contributed by atoms with Crippen LogP contribution >= 0.6 is 0 Å². The Balaban J connectivity index is 1.76. The number of methoxy groups -OCH3 is 2. The molecule has 1 saturated heterocycles. The zero-order valence-electron chi connectivity index (χ0n) is 18.4. The predicted molar refractivity (Wildman–Crippen MR) is 123 cm³/mol. The van der Waals surface area contributed by atoms with Gasteiger partial charge in [0.2, 0.25) is 5.88 Å². The number of rotatable bonds is 6. The van der Waals surface area contributed by atoms with E-state index in [-0.39, 0.29) is 17.3 Å². The van der Waals surface area contributed by atoms with Crippen molar-refractivity contribution in [2.45, 2.75) is 25.3 Å². The van der Waals surface area contributed by atoms with Gasteiger partial charge in [-0.3, -0.25) is 19.8 Å². The molecule has 1 unspecified atom stereocenters. The Morgan fingerprint density at radius 1 is 1.21 bits per heavy atom. The van der Waals surface area contributed by atoms with Crippen molar-refractivity contribution in [2.24, 2.45) is 5.10 Å². The summed E-state index contributed by atoms with van der Waals surface area (Å²) in [5.41, 5.74) is -0.452. The van der Waals surface area contributed by atoms with Gasteiger partial charge in [-0.25, -0.2) is 9.36 Å². The number of H-pyrrole nitrogens is 1. The minimum absolute atomic E-state index is 0.00862. The molecule has 1 atom stereocenters. The number of piperidine rings is 1. The van der Waals surface area contributed by atoms with E-state index < -0.39 is 17.1 Å². The summed E-state index contributed by atoms with van der Waals surface area (Å²) in [7, 11) is 2.92. The molecule has 1 aliphatic heterocycles. The van der Waals surface area contributed by atoms with Crippen molar-refractivity contribution in [3.05, 3.63) is 74.7 Å². The number of pyridine rings is 1. The number of hydrogen-bond acceptors (Lipinski definition) is 8. The van der Waals surface area contributed by atoms with Gasteiger partial charge in [-0.1, -0.05) is 6.07 Å². The third kappa shape index (κ3) is 4.45. The highest BCUT2D eigenvalue weighted by Gasteiger charge is 2.23. The lowest BCUT2D eigenvalue weighted by molar-refractivity contribution is 0.156. The minimum Gasteiger partial charge on any atom is -0.497 e. The Morgan fingerprint density at radius 2 is 2.06 bits per heavy atom. The van der Waals surface area contributed by atoms with Gasteiger partial charge in [-0.05, 0) is 43.0 Å². The second-order valence-corrected chi connectivity index (χ2v) is 7.58. The SMILES string of the molecule is COc1ccc(OC)c(-n2c(O)c(C=NN3CCCCC3c3cccnc3)c(=O)[nH]c2=O)c1. The van der Waals surface area contributed by atoms with E-state index in [2.05, 4.69) is 15.1 Å². The molecule has 0 saturated carbocycles. The molecule has 0 spiro atoms. The van der Waals surface area contributed by atoms with E-state index in [0.29, 0.717) is 18.0 Å². The maximum absolute atomic E-state index is 12.6. The molecule has 4 rings (SSSR count). The standard InChI is InChI=1S/C23H25N5O5/c1-32-16-8-9-20(33-2)19(12-16)28-22(30)17(21(29)26-23(28)31)14-25-27-11-4-3-7-18(27)15-6-5-10-24-13-15/h5-6,8-10,12-14,18,30H,3-4,7,11H2,1-2H3,(H,26,29,31). The van der Waals surface area contributed by atoms with Crippen LogP contribution in [0.25, 0.3) is 5.69 Å². The van der Waals surface area contributed by atoms with Crippen LogP contribution in [0.1, 0.15) is 36.4 Å². The maximum atomic E-state index is 12.6. The van der Waals surface area contributed by atoms with Crippen LogP contribution < -0.4 is 20.7 Å². The summed E-state index contributed by atoms with van der Waals surface area (Å²) in [5, 5.41) is 17.3. The quantitative estimate of drug-likeness (QED) is 0.551. The van der Waals surface area contributed by atoms with Gasteiger partial charge in [0.1, 0.15) is 17.1 Å². The Hall–Kier alpha value is -4.08. The van der Waals surface area contributed by atoms with E-state index in [9.17, 15) is 14.7 Å². The second-order valence-electron chi connectivity index (χ2n) is 7.58. The van der Waals surface area contributed by atoms with Crippen molar-refractivity contribution in [1.29, 1.82) is 0 Å². The third-order valence-corrected chi connectivity index (χ3v) is 5.63. The molecule has 0 amide bonds. The number of aromatic hydroxyl groups is 1. The van der Waals surface area contributed by atoms with Crippen molar-refractivity contribution in [3.63, 3.8) is 0 Å². The van der Waals surface area contributed by atoms with Crippen molar-refractivity contribution in [3.8, 4) is 23.1 Å². The Labute approximate surface area is 189 Å². The normalized spacial score (nSPS) is 16.2. The van der Waals surface area contributed by atoms with Crippen LogP contribution in [0, 0.1) is 0 Å². The van der Waals surface area contributed by atoms with Crippen molar-refractivity contribution < 1.29 is 14.6 Å². The number of ether oxygens (including phenoxy) is 2. The van der Waals surface area contributed by atoms with Gasteiger partial charge >= 0.3 is 5.69 Å². The fourth-order valence-corrected chi connectivity index (χ4v) is 3.95. The van der Waals surface area contributed by atoms with Crippen LogP contribution in [0.15, 0.2) is 57.4 Å². The van der Waals surface area contributed by atoms with E-state index in [4.69, 9.17) is 9.47 Å². The molecule has 1 fully saturated rings. The third-order valence-electron chi connectivity index (χ3n) is 5.63. The van der Waals surface area contributed by atoms with Gasteiger partial charge in [-0.2, -0.15) is 5.10 Å². The highest BCUT2D eigenvalue weighted by molar-refractivity contribution is 5.82. The van der Waals surface area contributed by atoms with E-state index in [1.807, 2.05) is 17.1 Å². The summed E-state index contributed by atoms with van der Waals surface area (Å²) in [4.78, 5) is 31.6. The number of hydrazone groups is 1. The molecule has 0 bridgehead atoms. The van der Waals surface area contributed by atoms with Gasteiger partial charge in [0.15, 0.2) is 0 Å². The summed E-state index contributed by atoms with van der Waals surface area (Å²) in [6.45, 7) is 0.693. The minimum atomic E-state index is -0.813. The lowest BCUT2D eigenvalue weighted by Crippen LogP contribution is -2.32. The van der Waals surface area contributed by atoms with Crippen molar-refractivity contribution in [1.82, 2.24) is 19.5 Å². The summed E-state index contributed by atoms with van der Waals surface area (Å²) < 4.78 is 11.5. The average Bonchev–Trinajstić information content (AvgIpc) is 2.84. The first kappa shape index (κ1) is 22.1. The fraction of sp³-hybridized carbons (Fsp3) is 0.304. The number of hydrogen-bond donors (Lipinski definition) is 2. The zero-order chi connectivity index (χ0) is 23.4. The zero-order valence-corrected chi connectivity index (χ0v) is 18.4. The molecule has 1 aliphatic rings. The van der Waals surface area contributed by atoms with Crippen LogP contribution in [0.2, 0.25) is 0 Å². The maximum Gasteiger partial charge on any atom is 0.335 e.